The Balaban J connectivity index is 2.24. The summed E-state index contributed by atoms with van der Waals surface area (Å²) in [6.07, 6.45) is 3.06. The number of piperidine rings is 1. The molecule has 70 valence electrons. The summed E-state index contributed by atoms with van der Waals surface area (Å²) in [6.45, 7) is 2.06. The fourth-order valence-corrected chi connectivity index (χ4v) is 1.60. The lowest BCUT2D eigenvalue weighted by Crippen LogP contribution is -2.41. The summed E-state index contributed by atoms with van der Waals surface area (Å²) >= 11 is 0. The topological polar surface area (TPSA) is 81.1 Å². The number of carbonyl (C=O) groups is 1. The molecule has 1 aliphatic rings. The molecular weight excluding hydrogens is 154 g/mol. The number of primary amides is 1. The lowest BCUT2D eigenvalue weighted by Gasteiger charge is -2.24. The molecule has 1 rings (SSSR count). The zero-order chi connectivity index (χ0) is 8.97. The predicted molar refractivity (Wildman–Crippen MR) is 47.4 cm³/mol. The summed E-state index contributed by atoms with van der Waals surface area (Å²) in [4.78, 5) is 10.6. The van der Waals surface area contributed by atoms with Crippen molar-refractivity contribution < 1.29 is 4.79 Å². The molecule has 0 bridgehead atoms. The van der Waals surface area contributed by atoms with Crippen LogP contribution in [0.3, 0.4) is 0 Å². The van der Waals surface area contributed by atoms with Crippen molar-refractivity contribution in [3.05, 3.63) is 0 Å². The van der Waals surface area contributed by atoms with Gasteiger partial charge in [0.2, 0.25) is 5.91 Å². The van der Waals surface area contributed by atoms with Gasteiger partial charge in [-0.15, -0.1) is 0 Å². The van der Waals surface area contributed by atoms with Gasteiger partial charge in [0.1, 0.15) is 0 Å². The third kappa shape index (κ3) is 2.79. The molecule has 0 radical (unpaired) electrons. The van der Waals surface area contributed by atoms with Crippen LogP contribution in [0, 0.1) is 5.92 Å². The third-order valence-electron chi connectivity index (χ3n) is 2.35. The Bertz CT molecular complexity index is 154. The number of nitrogens with one attached hydrogen (secondary N) is 1. The first-order valence-electron chi connectivity index (χ1n) is 4.45. The molecule has 1 fully saturated rings. The van der Waals surface area contributed by atoms with Gasteiger partial charge in [-0.05, 0) is 38.3 Å². The molecule has 4 nitrogen and oxygen atoms in total. The predicted octanol–water partition coefficient (Wildman–Crippen LogP) is -0.811. The van der Waals surface area contributed by atoms with Gasteiger partial charge < -0.3 is 16.8 Å². The van der Waals surface area contributed by atoms with Crippen LogP contribution in [-0.2, 0) is 4.79 Å². The van der Waals surface area contributed by atoms with Crippen LogP contribution in [0.5, 0.6) is 0 Å². The van der Waals surface area contributed by atoms with Crippen molar-refractivity contribution in [1.29, 1.82) is 0 Å². The molecule has 2 atom stereocenters. The minimum atomic E-state index is -0.463. The van der Waals surface area contributed by atoms with E-state index in [9.17, 15) is 4.79 Å². The van der Waals surface area contributed by atoms with Gasteiger partial charge in [-0.3, -0.25) is 4.79 Å². The zero-order valence-electron chi connectivity index (χ0n) is 7.25. The molecule has 1 aliphatic heterocycles. The highest BCUT2D eigenvalue weighted by Gasteiger charge is 2.18. The van der Waals surface area contributed by atoms with Crippen molar-refractivity contribution in [1.82, 2.24) is 5.32 Å². The van der Waals surface area contributed by atoms with E-state index in [-0.39, 0.29) is 5.91 Å². The molecule has 1 amide bonds. The molecule has 0 aromatic heterocycles. The highest BCUT2D eigenvalue weighted by atomic mass is 16.1. The highest BCUT2D eigenvalue weighted by molar-refractivity contribution is 5.79. The van der Waals surface area contributed by atoms with Crippen molar-refractivity contribution in [2.45, 2.75) is 25.3 Å². The van der Waals surface area contributed by atoms with Crippen LogP contribution in [0.4, 0.5) is 0 Å². The smallest absolute Gasteiger partial charge is 0.234 e. The van der Waals surface area contributed by atoms with Crippen molar-refractivity contribution in [3.63, 3.8) is 0 Å². The number of nitrogens with two attached hydrogens (primary N) is 2. The van der Waals surface area contributed by atoms with Crippen LogP contribution in [0.15, 0.2) is 0 Å². The van der Waals surface area contributed by atoms with Crippen LogP contribution in [-0.4, -0.2) is 25.0 Å². The number of amides is 1. The van der Waals surface area contributed by atoms with E-state index in [1.54, 1.807) is 0 Å². The fourth-order valence-electron chi connectivity index (χ4n) is 1.60. The summed E-state index contributed by atoms with van der Waals surface area (Å²) in [7, 11) is 0. The van der Waals surface area contributed by atoms with Gasteiger partial charge in [0.05, 0.1) is 6.04 Å². The summed E-state index contributed by atoms with van der Waals surface area (Å²) in [5.74, 6) is 0.141. The van der Waals surface area contributed by atoms with Crippen molar-refractivity contribution in [2.24, 2.45) is 17.4 Å². The Kier molecular flexibility index (Phi) is 3.49. The molecule has 4 heteroatoms. The van der Waals surface area contributed by atoms with E-state index in [0.29, 0.717) is 5.92 Å². The number of hydrogen-bond acceptors (Lipinski definition) is 3. The Morgan fingerprint density at radius 3 is 2.92 bits per heavy atom. The van der Waals surface area contributed by atoms with E-state index in [0.717, 1.165) is 25.9 Å². The molecule has 0 aromatic rings. The molecule has 1 saturated heterocycles. The SMILES string of the molecule is NC(=O)C(N)CC1CCCNC1. The molecule has 0 aliphatic carbocycles. The first-order chi connectivity index (χ1) is 5.70. The third-order valence-corrected chi connectivity index (χ3v) is 2.35. The largest absolute Gasteiger partial charge is 0.368 e. The average Bonchev–Trinajstić information content (AvgIpc) is 2.06. The molecule has 0 aromatic carbocycles. The van der Waals surface area contributed by atoms with E-state index in [1.165, 1.54) is 6.42 Å². The molecule has 1 heterocycles. The maximum Gasteiger partial charge on any atom is 0.234 e. The molecule has 2 unspecified atom stereocenters. The van der Waals surface area contributed by atoms with Gasteiger partial charge in [-0.1, -0.05) is 0 Å². The molecule has 12 heavy (non-hydrogen) atoms. The maximum atomic E-state index is 10.6. The monoisotopic (exact) mass is 171 g/mol. The van der Waals surface area contributed by atoms with E-state index < -0.39 is 6.04 Å². The minimum Gasteiger partial charge on any atom is -0.368 e. The van der Waals surface area contributed by atoms with Crippen LogP contribution in [0.1, 0.15) is 19.3 Å². The quantitative estimate of drug-likeness (QED) is 0.519. The summed E-state index contributed by atoms with van der Waals surface area (Å²) < 4.78 is 0. The van der Waals surface area contributed by atoms with Gasteiger partial charge in [0.15, 0.2) is 0 Å². The van der Waals surface area contributed by atoms with Gasteiger partial charge >= 0.3 is 0 Å². The normalized spacial score (nSPS) is 26.6. The molecular formula is C8H17N3O. The molecule has 5 N–H and O–H groups in total. The van der Waals surface area contributed by atoms with E-state index in [1.807, 2.05) is 0 Å². The van der Waals surface area contributed by atoms with Gasteiger partial charge in [-0.25, -0.2) is 0 Å². The highest BCUT2D eigenvalue weighted by Crippen LogP contribution is 2.14. The fraction of sp³-hybridized carbons (Fsp3) is 0.875. The number of hydrogen-bond donors (Lipinski definition) is 3. The Morgan fingerprint density at radius 2 is 2.42 bits per heavy atom. The number of rotatable bonds is 3. The minimum absolute atomic E-state index is 0.388. The Morgan fingerprint density at radius 1 is 1.67 bits per heavy atom. The zero-order valence-corrected chi connectivity index (χ0v) is 7.25. The first kappa shape index (κ1) is 9.48. The Hall–Kier alpha value is -0.610. The maximum absolute atomic E-state index is 10.6. The van der Waals surface area contributed by atoms with Gasteiger partial charge in [-0.2, -0.15) is 0 Å². The van der Waals surface area contributed by atoms with Crippen LogP contribution >= 0.6 is 0 Å². The second-order valence-corrected chi connectivity index (χ2v) is 3.46. The molecule has 0 spiro atoms. The van der Waals surface area contributed by atoms with E-state index >= 15 is 0 Å². The van der Waals surface area contributed by atoms with Crippen molar-refractivity contribution in [3.8, 4) is 0 Å². The lowest BCUT2D eigenvalue weighted by atomic mass is 9.92. The van der Waals surface area contributed by atoms with E-state index in [4.69, 9.17) is 11.5 Å². The Labute approximate surface area is 72.7 Å². The van der Waals surface area contributed by atoms with Crippen LogP contribution in [0.2, 0.25) is 0 Å². The van der Waals surface area contributed by atoms with Crippen molar-refractivity contribution in [2.75, 3.05) is 13.1 Å². The summed E-state index contributed by atoms with van der Waals surface area (Å²) in [6, 6.07) is -0.463. The standard InChI is InChI=1S/C8H17N3O/c9-7(8(10)12)4-6-2-1-3-11-5-6/h6-7,11H,1-5,9H2,(H2,10,12). The average molecular weight is 171 g/mol. The van der Waals surface area contributed by atoms with E-state index in [2.05, 4.69) is 5.32 Å². The number of carbonyl (C=O) groups excluding carboxylic acids is 1. The summed E-state index contributed by atoms with van der Waals surface area (Å²) in [5, 5.41) is 3.27. The molecule has 0 saturated carbocycles. The van der Waals surface area contributed by atoms with Crippen LogP contribution in [0.25, 0.3) is 0 Å². The van der Waals surface area contributed by atoms with Gasteiger partial charge in [0.25, 0.3) is 0 Å². The lowest BCUT2D eigenvalue weighted by molar-refractivity contribution is -0.119. The van der Waals surface area contributed by atoms with Crippen LogP contribution < -0.4 is 16.8 Å². The van der Waals surface area contributed by atoms with Gasteiger partial charge in [0, 0.05) is 0 Å². The summed E-state index contributed by atoms with van der Waals surface area (Å²) in [5.41, 5.74) is 10.6. The second kappa shape index (κ2) is 4.42. The second-order valence-electron chi connectivity index (χ2n) is 3.46. The first-order valence-corrected chi connectivity index (χ1v) is 4.45. The van der Waals surface area contributed by atoms with Crippen molar-refractivity contribution >= 4 is 5.91 Å².